The Hall–Kier alpha value is -2.48. The van der Waals surface area contributed by atoms with Crippen LogP contribution in [0.15, 0.2) is 23.0 Å². The molecule has 0 radical (unpaired) electrons. The van der Waals surface area contributed by atoms with Crippen molar-refractivity contribution < 1.29 is 18.3 Å². The number of ether oxygens (including phenoxy) is 2. The van der Waals surface area contributed by atoms with Crippen LogP contribution >= 0.6 is 11.3 Å². The SMILES string of the molecule is COc1cc(-c2nc3sc4c(c3c(=O)[nH]2)CCC(C)C4)ccc1OC(F)F. The largest absolute Gasteiger partial charge is 0.493 e. The second-order valence-corrected chi connectivity index (χ2v) is 7.77. The Morgan fingerprint density at radius 2 is 2.15 bits per heavy atom. The number of aryl methyl sites for hydroxylation is 1. The van der Waals surface area contributed by atoms with Gasteiger partial charge in [-0.15, -0.1) is 11.3 Å². The van der Waals surface area contributed by atoms with Gasteiger partial charge < -0.3 is 14.5 Å². The lowest BCUT2D eigenvalue weighted by molar-refractivity contribution is -0.0512. The molecule has 0 saturated carbocycles. The van der Waals surface area contributed by atoms with Gasteiger partial charge >= 0.3 is 6.61 Å². The molecule has 0 bridgehead atoms. The summed E-state index contributed by atoms with van der Waals surface area (Å²) in [6.07, 6.45) is 2.94. The first kappa shape index (κ1) is 17.9. The van der Waals surface area contributed by atoms with Gasteiger partial charge in [0.05, 0.1) is 12.5 Å². The van der Waals surface area contributed by atoms with E-state index in [0.29, 0.717) is 27.5 Å². The molecule has 1 unspecified atom stereocenters. The molecule has 1 aliphatic rings. The second kappa shape index (κ2) is 6.92. The summed E-state index contributed by atoms with van der Waals surface area (Å²) in [4.78, 5) is 22.1. The summed E-state index contributed by atoms with van der Waals surface area (Å²) in [5.41, 5.74) is 1.51. The van der Waals surface area contributed by atoms with E-state index in [4.69, 9.17) is 4.74 Å². The van der Waals surface area contributed by atoms with Gasteiger partial charge in [0.1, 0.15) is 10.7 Å². The minimum atomic E-state index is -2.95. The van der Waals surface area contributed by atoms with E-state index in [0.717, 1.165) is 24.8 Å². The summed E-state index contributed by atoms with van der Waals surface area (Å²) in [5, 5.41) is 0.676. The number of hydrogen-bond donors (Lipinski definition) is 1. The second-order valence-electron chi connectivity index (χ2n) is 6.69. The fourth-order valence-corrected chi connectivity index (χ4v) is 4.88. The van der Waals surface area contributed by atoms with Gasteiger partial charge in [-0.2, -0.15) is 8.78 Å². The number of fused-ring (bicyclic) bond motifs is 3. The fourth-order valence-electron chi connectivity index (χ4n) is 3.49. The first-order chi connectivity index (χ1) is 13.0. The van der Waals surface area contributed by atoms with Crippen molar-refractivity contribution in [3.63, 3.8) is 0 Å². The molecule has 0 spiro atoms. The van der Waals surface area contributed by atoms with E-state index in [2.05, 4.69) is 21.6 Å². The number of alkyl halides is 2. The maximum absolute atomic E-state index is 12.7. The summed E-state index contributed by atoms with van der Waals surface area (Å²) < 4.78 is 34.5. The van der Waals surface area contributed by atoms with E-state index < -0.39 is 6.61 Å². The number of thiophene rings is 1. The summed E-state index contributed by atoms with van der Waals surface area (Å²) in [7, 11) is 1.37. The van der Waals surface area contributed by atoms with Crippen molar-refractivity contribution in [3.8, 4) is 22.9 Å². The quantitative estimate of drug-likeness (QED) is 0.715. The Morgan fingerprint density at radius 3 is 2.89 bits per heavy atom. The molecular formula is C19H18F2N2O3S. The minimum absolute atomic E-state index is 0.0692. The first-order valence-electron chi connectivity index (χ1n) is 8.64. The van der Waals surface area contributed by atoms with Crippen LogP contribution in [0.5, 0.6) is 11.5 Å². The van der Waals surface area contributed by atoms with Gasteiger partial charge in [0.15, 0.2) is 11.5 Å². The number of hydrogen-bond acceptors (Lipinski definition) is 5. The Morgan fingerprint density at radius 1 is 1.33 bits per heavy atom. The summed E-state index contributed by atoms with van der Waals surface area (Å²) in [6, 6.07) is 4.48. The Kier molecular flexibility index (Phi) is 4.59. The smallest absolute Gasteiger partial charge is 0.387 e. The van der Waals surface area contributed by atoms with Gasteiger partial charge in [-0.25, -0.2) is 4.98 Å². The minimum Gasteiger partial charge on any atom is -0.493 e. The molecule has 8 heteroatoms. The zero-order chi connectivity index (χ0) is 19.1. The van der Waals surface area contributed by atoms with E-state index in [1.54, 1.807) is 17.4 Å². The lowest BCUT2D eigenvalue weighted by Crippen LogP contribution is -2.13. The van der Waals surface area contributed by atoms with Crippen molar-refractivity contribution in [2.24, 2.45) is 5.92 Å². The fraction of sp³-hybridized carbons (Fsp3) is 0.368. The van der Waals surface area contributed by atoms with E-state index in [-0.39, 0.29) is 17.1 Å². The number of H-pyrrole nitrogens is 1. The molecular weight excluding hydrogens is 374 g/mol. The predicted octanol–water partition coefficient (Wildman–Crippen LogP) is 4.39. The summed E-state index contributed by atoms with van der Waals surface area (Å²) in [6.45, 7) is -0.731. The summed E-state index contributed by atoms with van der Waals surface area (Å²) in [5.74, 6) is 1.06. The van der Waals surface area contributed by atoms with Crippen LogP contribution in [0.3, 0.4) is 0 Å². The molecule has 27 heavy (non-hydrogen) atoms. The van der Waals surface area contributed by atoms with Crippen molar-refractivity contribution in [1.29, 1.82) is 0 Å². The van der Waals surface area contributed by atoms with Crippen LogP contribution in [-0.4, -0.2) is 23.7 Å². The Bertz CT molecular complexity index is 1060. The molecule has 0 aliphatic heterocycles. The Labute approximate surface area is 158 Å². The molecule has 1 aromatic carbocycles. The number of nitrogens with zero attached hydrogens (tertiary/aromatic N) is 1. The van der Waals surface area contributed by atoms with E-state index >= 15 is 0 Å². The van der Waals surface area contributed by atoms with Gasteiger partial charge in [0.25, 0.3) is 5.56 Å². The molecule has 142 valence electrons. The monoisotopic (exact) mass is 392 g/mol. The normalized spacial score (nSPS) is 16.6. The third kappa shape index (κ3) is 3.29. The average Bonchev–Trinajstić information content (AvgIpc) is 2.99. The molecule has 1 N–H and O–H groups in total. The third-order valence-corrected chi connectivity index (χ3v) is 5.97. The number of aromatic nitrogens is 2. The molecule has 2 heterocycles. The van der Waals surface area contributed by atoms with Gasteiger partial charge in [0.2, 0.25) is 0 Å². The van der Waals surface area contributed by atoms with Crippen molar-refractivity contribution in [2.45, 2.75) is 32.8 Å². The molecule has 3 aromatic rings. The highest BCUT2D eigenvalue weighted by Gasteiger charge is 2.23. The molecule has 1 aliphatic carbocycles. The number of benzene rings is 1. The molecule has 0 amide bonds. The maximum atomic E-state index is 12.7. The molecule has 1 atom stereocenters. The first-order valence-corrected chi connectivity index (χ1v) is 9.45. The molecule has 5 nitrogen and oxygen atoms in total. The van der Waals surface area contributed by atoms with Crippen molar-refractivity contribution in [1.82, 2.24) is 9.97 Å². The van der Waals surface area contributed by atoms with Crippen LogP contribution in [0.1, 0.15) is 23.8 Å². The van der Waals surface area contributed by atoms with Gasteiger partial charge in [-0.3, -0.25) is 4.79 Å². The number of rotatable bonds is 4. The van der Waals surface area contributed by atoms with Crippen molar-refractivity contribution >= 4 is 21.6 Å². The highest BCUT2D eigenvalue weighted by atomic mass is 32.1. The van der Waals surface area contributed by atoms with Gasteiger partial charge in [-0.1, -0.05) is 6.92 Å². The highest BCUT2D eigenvalue weighted by molar-refractivity contribution is 7.18. The van der Waals surface area contributed by atoms with Crippen LogP contribution in [0.25, 0.3) is 21.6 Å². The van der Waals surface area contributed by atoms with Crippen LogP contribution in [0.4, 0.5) is 8.78 Å². The molecule has 2 aromatic heterocycles. The standard InChI is InChI=1S/C19H18F2N2O3S/c1-9-3-5-11-14(7-9)27-18-15(11)17(24)22-16(23-18)10-4-6-12(26-19(20)21)13(8-10)25-2/h4,6,8-9,19H,3,5,7H2,1-2H3,(H,22,23,24). The third-order valence-electron chi connectivity index (χ3n) is 4.82. The van der Waals surface area contributed by atoms with Crippen LogP contribution in [0, 0.1) is 5.92 Å². The molecule has 0 saturated heterocycles. The van der Waals surface area contributed by atoms with Gasteiger partial charge in [0, 0.05) is 10.4 Å². The zero-order valence-corrected chi connectivity index (χ0v) is 15.7. The van der Waals surface area contributed by atoms with E-state index in [1.807, 2.05) is 0 Å². The van der Waals surface area contributed by atoms with Crippen LogP contribution in [-0.2, 0) is 12.8 Å². The number of aromatic amines is 1. The average molecular weight is 392 g/mol. The highest BCUT2D eigenvalue weighted by Crippen LogP contribution is 2.37. The predicted molar refractivity (Wildman–Crippen MR) is 100 cm³/mol. The Balaban J connectivity index is 1.79. The van der Waals surface area contributed by atoms with Crippen LogP contribution in [0.2, 0.25) is 0 Å². The topological polar surface area (TPSA) is 64.2 Å². The van der Waals surface area contributed by atoms with Gasteiger partial charge in [-0.05, 0) is 48.9 Å². The lowest BCUT2D eigenvalue weighted by atomic mass is 9.89. The number of nitrogens with one attached hydrogen (secondary N) is 1. The number of halogens is 2. The lowest BCUT2D eigenvalue weighted by Gasteiger charge is -2.17. The van der Waals surface area contributed by atoms with E-state index in [1.165, 1.54) is 24.1 Å². The molecule has 4 rings (SSSR count). The van der Waals surface area contributed by atoms with E-state index in [9.17, 15) is 13.6 Å². The zero-order valence-electron chi connectivity index (χ0n) is 14.8. The molecule has 0 fully saturated rings. The summed E-state index contributed by atoms with van der Waals surface area (Å²) >= 11 is 1.56. The van der Waals surface area contributed by atoms with Crippen LogP contribution < -0.4 is 15.0 Å². The maximum Gasteiger partial charge on any atom is 0.387 e. The van der Waals surface area contributed by atoms with Crippen molar-refractivity contribution in [2.75, 3.05) is 7.11 Å². The number of methoxy groups -OCH3 is 1. The van der Waals surface area contributed by atoms with Crippen molar-refractivity contribution in [3.05, 3.63) is 39.0 Å².